The van der Waals surface area contributed by atoms with Crippen molar-refractivity contribution in [1.29, 1.82) is 0 Å². The Labute approximate surface area is 168 Å². The maximum atomic E-state index is 12.3. The second-order valence-electron chi connectivity index (χ2n) is 6.17. The van der Waals surface area contributed by atoms with E-state index in [2.05, 4.69) is 10.3 Å². The summed E-state index contributed by atoms with van der Waals surface area (Å²) >= 11 is 1.34. The van der Waals surface area contributed by atoms with Gasteiger partial charge in [-0.1, -0.05) is 6.07 Å². The molecule has 9 heteroatoms. The van der Waals surface area contributed by atoms with Gasteiger partial charge in [0.15, 0.2) is 5.65 Å². The molecule has 4 rings (SSSR count). The first-order chi connectivity index (χ1) is 14.0. The topological polar surface area (TPSA) is 103 Å². The van der Waals surface area contributed by atoms with Gasteiger partial charge in [0.2, 0.25) is 0 Å². The second-order valence-corrected chi connectivity index (χ2v) is 7.12. The summed E-state index contributed by atoms with van der Waals surface area (Å²) in [7, 11) is 0. The highest BCUT2D eigenvalue weighted by molar-refractivity contribution is 7.12. The number of ether oxygens (including phenoxy) is 1. The second kappa shape index (κ2) is 7.72. The van der Waals surface area contributed by atoms with E-state index in [1.165, 1.54) is 17.4 Å². The number of benzene rings is 1. The number of hydrogen-bond donors (Lipinski definition) is 1. The predicted molar refractivity (Wildman–Crippen MR) is 106 cm³/mol. The van der Waals surface area contributed by atoms with E-state index in [-0.39, 0.29) is 18.1 Å². The van der Waals surface area contributed by atoms with E-state index in [1.807, 2.05) is 5.38 Å². The van der Waals surface area contributed by atoms with Crippen molar-refractivity contribution in [2.24, 2.45) is 0 Å². The van der Waals surface area contributed by atoms with Crippen molar-refractivity contribution < 1.29 is 18.8 Å². The van der Waals surface area contributed by atoms with Crippen molar-refractivity contribution in [3.63, 3.8) is 0 Å². The van der Waals surface area contributed by atoms with Crippen LogP contribution in [0.15, 0.2) is 63.2 Å². The first-order valence-corrected chi connectivity index (χ1v) is 9.49. The summed E-state index contributed by atoms with van der Waals surface area (Å²) in [6, 6.07) is 12.7. The number of nitrogens with one attached hydrogen (secondary N) is 1. The lowest BCUT2D eigenvalue weighted by Gasteiger charge is -2.06. The van der Waals surface area contributed by atoms with Crippen molar-refractivity contribution >= 4 is 34.5 Å². The van der Waals surface area contributed by atoms with E-state index in [0.717, 1.165) is 4.57 Å². The van der Waals surface area contributed by atoms with Gasteiger partial charge in [0.25, 0.3) is 11.5 Å². The van der Waals surface area contributed by atoms with Crippen molar-refractivity contribution in [1.82, 2.24) is 9.56 Å². The smallest absolute Gasteiger partial charge is 0.338 e. The molecule has 0 radical (unpaired) electrons. The van der Waals surface area contributed by atoms with E-state index in [0.29, 0.717) is 33.2 Å². The largest absolute Gasteiger partial charge is 0.456 e. The van der Waals surface area contributed by atoms with Gasteiger partial charge in [-0.05, 0) is 42.6 Å². The van der Waals surface area contributed by atoms with Crippen LogP contribution in [0.3, 0.4) is 0 Å². The molecular weight excluding hydrogens is 394 g/mol. The number of aryl methyl sites for hydroxylation is 1. The zero-order chi connectivity index (χ0) is 20.4. The molecule has 4 aromatic rings. The van der Waals surface area contributed by atoms with Crippen LogP contribution in [0.1, 0.15) is 31.5 Å². The van der Waals surface area contributed by atoms with Gasteiger partial charge in [-0.2, -0.15) is 0 Å². The molecule has 0 saturated carbocycles. The third kappa shape index (κ3) is 4.09. The number of carbonyl (C=O) groups is 2. The number of aromatic nitrogens is 2. The molecule has 0 saturated heterocycles. The molecule has 0 fully saturated rings. The molecule has 0 aliphatic carbocycles. The van der Waals surface area contributed by atoms with Gasteiger partial charge in [-0.25, -0.2) is 9.78 Å². The third-order valence-electron chi connectivity index (χ3n) is 4.00. The molecule has 0 bridgehead atoms. The summed E-state index contributed by atoms with van der Waals surface area (Å²) in [6.07, 6.45) is 0. The zero-order valence-electron chi connectivity index (χ0n) is 15.2. The Morgan fingerprint density at radius 1 is 1.21 bits per heavy atom. The van der Waals surface area contributed by atoms with Crippen LogP contribution in [0.5, 0.6) is 0 Å². The van der Waals surface area contributed by atoms with E-state index in [1.54, 1.807) is 49.4 Å². The first-order valence-electron chi connectivity index (χ1n) is 8.61. The number of esters is 1. The molecule has 0 aliphatic rings. The highest BCUT2D eigenvalue weighted by atomic mass is 32.1. The highest BCUT2D eigenvalue weighted by Gasteiger charge is 2.12. The Kier molecular flexibility index (Phi) is 4.96. The number of carbonyl (C=O) groups excluding carboxylic acids is 2. The number of hydrogen-bond acceptors (Lipinski definition) is 7. The molecule has 0 aliphatic heterocycles. The fraction of sp³-hybridized carbons (Fsp3) is 0.100. The summed E-state index contributed by atoms with van der Waals surface area (Å²) in [4.78, 5) is 41.1. The zero-order valence-corrected chi connectivity index (χ0v) is 16.1. The average molecular weight is 409 g/mol. The van der Waals surface area contributed by atoms with E-state index < -0.39 is 5.97 Å². The van der Waals surface area contributed by atoms with Crippen molar-refractivity contribution in [3.05, 3.63) is 86.2 Å². The monoisotopic (exact) mass is 409 g/mol. The Hall–Kier alpha value is -3.72. The van der Waals surface area contributed by atoms with Crippen molar-refractivity contribution in [2.45, 2.75) is 13.5 Å². The van der Waals surface area contributed by atoms with Gasteiger partial charge < -0.3 is 14.6 Å². The Morgan fingerprint density at radius 2 is 2.00 bits per heavy atom. The summed E-state index contributed by atoms with van der Waals surface area (Å²) in [5.41, 5.74) is 1.17. The van der Waals surface area contributed by atoms with E-state index >= 15 is 0 Å². The minimum Gasteiger partial charge on any atom is -0.456 e. The van der Waals surface area contributed by atoms with Gasteiger partial charge in [0.1, 0.15) is 12.4 Å². The quantitative estimate of drug-likeness (QED) is 0.508. The molecule has 0 atom stereocenters. The fourth-order valence-electron chi connectivity index (χ4n) is 2.66. The maximum absolute atomic E-state index is 12.3. The molecule has 29 heavy (non-hydrogen) atoms. The van der Waals surface area contributed by atoms with Gasteiger partial charge in [0, 0.05) is 17.8 Å². The Balaban J connectivity index is 1.40. The van der Waals surface area contributed by atoms with Crippen LogP contribution in [0.4, 0.5) is 5.69 Å². The van der Waals surface area contributed by atoms with Crippen molar-refractivity contribution in [3.8, 4) is 0 Å². The molecule has 1 aromatic carbocycles. The van der Waals surface area contributed by atoms with Crippen molar-refractivity contribution in [2.75, 3.05) is 5.32 Å². The van der Waals surface area contributed by atoms with E-state index in [4.69, 9.17) is 9.26 Å². The molecule has 146 valence electrons. The number of anilines is 1. The first kappa shape index (κ1) is 18.6. The molecular formula is C20H15N3O5S. The van der Waals surface area contributed by atoms with Crippen LogP contribution in [0.2, 0.25) is 0 Å². The lowest BCUT2D eigenvalue weighted by Crippen LogP contribution is -2.15. The van der Waals surface area contributed by atoms with Gasteiger partial charge >= 0.3 is 5.97 Å². The van der Waals surface area contributed by atoms with E-state index in [9.17, 15) is 14.4 Å². The SMILES string of the molecule is Cc1cc2nc(COC(=O)c3ccc(NC(=O)c4cccs4)cc3)cc(=O)n2o1. The third-order valence-corrected chi connectivity index (χ3v) is 4.87. The molecule has 8 nitrogen and oxygen atoms in total. The van der Waals surface area contributed by atoms with Gasteiger partial charge in [0.05, 0.1) is 16.1 Å². The number of fused-ring (bicyclic) bond motifs is 1. The molecule has 3 heterocycles. The predicted octanol–water partition coefficient (Wildman–Crippen LogP) is 3.27. The highest BCUT2D eigenvalue weighted by Crippen LogP contribution is 2.15. The standard InChI is InChI=1S/C20H15N3O5S/c1-12-9-17-21-15(10-18(24)23(17)28-12)11-27-20(26)13-4-6-14(7-5-13)22-19(25)16-3-2-8-29-16/h2-10H,11H2,1H3,(H,22,25). The van der Waals surface area contributed by atoms with Crippen LogP contribution in [0.25, 0.3) is 5.65 Å². The minimum absolute atomic E-state index is 0.147. The summed E-state index contributed by atoms with van der Waals surface area (Å²) < 4.78 is 11.5. The lowest BCUT2D eigenvalue weighted by molar-refractivity contribution is 0.0467. The average Bonchev–Trinajstić information content (AvgIpc) is 3.36. The Morgan fingerprint density at radius 3 is 2.72 bits per heavy atom. The van der Waals surface area contributed by atoms with Gasteiger partial charge in [-0.15, -0.1) is 15.9 Å². The summed E-state index contributed by atoms with van der Waals surface area (Å²) in [5.74, 6) is -0.223. The maximum Gasteiger partial charge on any atom is 0.338 e. The minimum atomic E-state index is -0.563. The molecule has 1 N–H and O–H groups in total. The van der Waals surface area contributed by atoms with Gasteiger partial charge in [-0.3, -0.25) is 9.59 Å². The van der Waals surface area contributed by atoms with Crippen LogP contribution >= 0.6 is 11.3 Å². The number of nitrogens with zero attached hydrogens (tertiary/aromatic N) is 2. The number of amides is 1. The van der Waals surface area contributed by atoms with Crippen LogP contribution in [-0.2, 0) is 11.3 Å². The normalized spacial score (nSPS) is 10.8. The molecule has 0 unspecified atom stereocenters. The number of thiophene rings is 1. The summed E-state index contributed by atoms with van der Waals surface area (Å²) in [6.45, 7) is 1.56. The summed E-state index contributed by atoms with van der Waals surface area (Å²) in [5, 5.41) is 4.58. The number of rotatable bonds is 5. The molecule has 0 spiro atoms. The molecule has 1 amide bonds. The van der Waals surface area contributed by atoms with Crippen LogP contribution in [0, 0.1) is 6.92 Å². The van der Waals surface area contributed by atoms with Crippen LogP contribution in [-0.4, -0.2) is 21.4 Å². The Bertz CT molecular complexity index is 1240. The lowest BCUT2D eigenvalue weighted by atomic mass is 10.2. The molecule has 3 aromatic heterocycles. The van der Waals surface area contributed by atoms with Crippen LogP contribution < -0.4 is 10.9 Å². The fourth-order valence-corrected chi connectivity index (χ4v) is 3.28.